The summed E-state index contributed by atoms with van der Waals surface area (Å²) >= 11 is 0. The van der Waals surface area contributed by atoms with E-state index in [9.17, 15) is 14.4 Å². The number of methoxy groups -OCH3 is 1. The minimum absolute atomic E-state index is 0.220. The quantitative estimate of drug-likeness (QED) is 0.525. The van der Waals surface area contributed by atoms with Crippen molar-refractivity contribution in [2.24, 2.45) is 0 Å². The Kier molecular flexibility index (Phi) is 8.03. The van der Waals surface area contributed by atoms with Crippen LogP contribution < -0.4 is 10.6 Å². The summed E-state index contributed by atoms with van der Waals surface area (Å²) in [6.45, 7) is 0.501. The maximum Gasteiger partial charge on any atom is 0.305 e. The topological polar surface area (TPSA) is 84.5 Å². The predicted octanol–water partition coefficient (Wildman–Crippen LogP) is 3.40. The molecule has 0 aliphatic carbocycles. The van der Waals surface area contributed by atoms with Crippen LogP contribution in [0.25, 0.3) is 0 Å². The van der Waals surface area contributed by atoms with Crippen LogP contribution in [-0.2, 0) is 9.53 Å². The Morgan fingerprint density at radius 1 is 0.852 bits per heavy atom. The Labute approximate surface area is 158 Å². The minimum Gasteiger partial charge on any atom is -0.469 e. The number of ether oxygens (including phenoxy) is 1. The molecule has 0 aliphatic heterocycles. The number of rotatable bonds is 9. The fourth-order valence-electron chi connectivity index (χ4n) is 2.54. The number of hydrogen-bond donors (Lipinski definition) is 2. The summed E-state index contributed by atoms with van der Waals surface area (Å²) in [4.78, 5) is 35.8. The molecule has 0 heterocycles. The fraction of sp³-hybridized carbons (Fsp3) is 0.286. The minimum atomic E-state index is -0.265. The van der Waals surface area contributed by atoms with Gasteiger partial charge in [0.05, 0.1) is 18.4 Å². The summed E-state index contributed by atoms with van der Waals surface area (Å²) < 4.78 is 4.59. The summed E-state index contributed by atoms with van der Waals surface area (Å²) in [5, 5.41) is 5.63. The largest absolute Gasteiger partial charge is 0.469 e. The van der Waals surface area contributed by atoms with E-state index in [0.717, 1.165) is 19.3 Å². The summed E-state index contributed by atoms with van der Waals surface area (Å²) in [6.07, 6.45) is 2.70. The van der Waals surface area contributed by atoms with E-state index in [1.807, 2.05) is 6.07 Å². The van der Waals surface area contributed by atoms with E-state index in [1.165, 1.54) is 7.11 Å². The van der Waals surface area contributed by atoms with Gasteiger partial charge in [-0.15, -0.1) is 0 Å². The first kappa shape index (κ1) is 20.2. The molecule has 142 valence electrons. The molecule has 0 aromatic heterocycles. The molecule has 2 aromatic carbocycles. The second-order valence-corrected chi connectivity index (χ2v) is 6.01. The molecule has 27 heavy (non-hydrogen) atoms. The van der Waals surface area contributed by atoms with Gasteiger partial charge >= 0.3 is 5.97 Å². The third-order valence-corrected chi connectivity index (χ3v) is 4.03. The second-order valence-electron chi connectivity index (χ2n) is 6.01. The molecule has 0 atom stereocenters. The first-order chi connectivity index (χ1) is 13.1. The zero-order valence-electron chi connectivity index (χ0n) is 15.4. The molecule has 0 radical (unpaired) electrons. The zero-order valence-corrected chi connectivity index (χ0v) is 15.4. The Bertz CT molecular complexity index is 775. The summed E-state index contributed by atoms with van der Waals surface area (Å²) in [7, 11) is 1.37. The lowest BCUT2D eigenvalue weighted by molar-refractivity contribution is -0.140. The van der Waals surface area contributed by atoms with E-state index in [4.69, 9.17) is 0 Å². The second kappa shape index (κ2) is 10.8. The Morgan fingerprint density at radius 2 is 1.56 bits per heavy atom. The van der Waals surface area contributed by atoms with Gasteiger partial charge in [-0.25, -0.2) is 0 Å². The van der Waals surface area contributed by atoms with Crippen LogP contribution in [-0.4, -0.2) is 31.4 Å². The SMILES string of the molecule is COC(=O)CCCCCNC(=O)c1ccccc1NC(=O)c1ccccc1. The van der Waals surface area contributed by atoms with Crippen LogP contribution in [0, 0.1) is 0 Å². The fourth-order valence-corrected chi connectivity index (χ4v) is 2.54. The van der Waals surface area contributed by atoms with Gasteiger partial charge in [0.15, 0.2) is 0 Å². The third kappa shape index (κ3) is 6.58. The predicted molar refractivity (Wildman–Crippen MR) is 104 cm³/mol. The van der Waals surface area contributed by atoms with Crippen LogP contribution in [0.15, 0.2) is 54.6 Å². The van der Waals surface area contributed by atoms with Crippen LogP contribution in [0.2, 0.25) is 0 Å². The van der Waals surface area contributed by atoms with Crippen molar-refractivity contribution in [1.29, 1.82) is 0 Å². The first-order valence-corrected chi connectivity index (χ1v) is 8.92. The Hall–Kier alpha value is -3.15. The van der Waals surface area contributed by atoms with Crippen LogP contribution >= 0.6 is 0 Å². The molecule has 0 bridgehead atoms. The molecule has 0 saturated heterocycles. The van der Waals surface area contributed by atoms with Gasteiger partial charge in [-0.3, -0.25) is 14.4 Å². The molecule has 2 amide bonds. The molecule has 0 fully saturated rings. The lowest BCUT2D eigenvalue weighted by Gasteiger charge is -2.11. The number of hydrogen-bond acceptors (Lipinski definition) is 4. The highest BCUT2D eigenvalue weighted by Crippen LogP contribution is 2.16. The van der Waals surface area contributed by atoms with Crippen LogP contribution in [0.3, 0.4) is 0 Å². The smallest absolute Gasteiger partial charge is 0.305 e. The van der Waals surface area contributed by atoms with Gasteiger partial charge in [0.1, 0.15) is 0 Å². The van der Waals surface area contributed by atoms with E-state index in [-0.39, 0.29) is 17.8 Å². The molecule has 0 saturated carbocycles. The van der Waals surface area contributed by atoms with Crippen molar-refractivity contribution in [2.75, 3.05) is 19.0 Å². The van der Waals surface area contributed by atoms with Gasteiger partial charge in [-0.2, -0.15) is 0 Å². The number of esters is 1. The number of amides is 2. The van der Waals surface area contributed by atoms with Gasteiger partial charge < -0.3 is 15.4 Å². The number of carbonyl (C=O) groups is 3. The van der Waals surface area contributed by atoms with Gasteiger partial charge in [0.25, 0.3) is 11.8 Å². The standard InChI is InChI=1S/C21H24N2O4/c1-27-19(24)14-6-3-9-15-22-21(26)17-12-7-8-13-18(17)23-20(25)16-10-4-2-5-11-16/h2,4-5,7-8,10-13H,3,6,9,14-15H2,1H3,(H,22,26)(H,23,25). The number of unbranched alkanes of at least 4 members (excludes halogenated alkanes) is 2. The van der Waals surface area contributed by atoms with Crippen molar-refractivity contribution in [3.63, 3.8) is 0 Å². The maximum absolute atomic E-state index is 12.4. The van der Waals surface area contributed by atoms with E-state index in [0.29, 0.717) is 29.8 Å². The van der Waals surface area contributed by atoms with E-state index in [2.05, 4.69) is 15.4 Å². The molecule has 6 nitrogen and oxygen atoms in total. The van der Waals surface area contributed by atoms with Crippen molar-refractivity contribution in [3.05, 3.63) is 65.7 Å². The lowest BCUT2D eigenvalue weighted by Crippen LogP contribution is -2.26. The Balaban J connectivity index is 1.86. The lowest BCUT2D eigenvalue weighted by atomic mass is 10.1. The number of para-hydroxylation sites is 1. The van der Waals surface area contributed by atoms with E-state index < -0.39 is 0 Å². The van der Waals surface area contributed by atoms with Crippen molar-refractivity contribution < 1.29 is 19.1 Å². The summed E-state index contributed by atoms with van der Waals surface area (Å²) in [6, 6.07) is 15.7. The monoisotopic (exact) mass is 368 g/mol. The maximum atomic E-state index is 12.4. The van der Waals surface area contributed by atoms with Crippen molar-refractivity contribution in [2.45, 2.75) is 25.7 Å². The Morgan fingerprint density at radius 3 is 2.30 bits per heavy atom. The summed E-state index contributed by atoms with van der Waals surface area (Å²) in [5.41, 5.74) is 1.41. The van der Waals surface area contributed by atoms with Gasteiger partial charge in [-0.1, -0.05) is 36.8 Å². The average Bonchev–Trinajstić information content (AvgIpc) is 2.71. The number of benzene rings is 2. The molecule has 2 N–H and O–H groups in total. The van der Waals surface area contributed by atoms with E-state index in [1.54, 1.807) is 48.5 Å². The zero-order chi connectivity index (χ0) is 19.5. The molecule has 6 heteroatoms. The first-order valence-electron chi connectivity index (χ1n) is 8.92. The molecule has 0 spiro atoms. The third-order valence-electron chi connectivity index (χ3n) is 4.03. The van der Waals surface area contributed by atoms with Crippen LogP contribution in [0.1, 0.15) is 46.4 Å². The van der Waals surface area contributed by atoms with Crippen molar-refractivity contribution >= 4 is 23.5 Å². The highest BCUT2D eigenvalue weighted by atomic mass is 16.5. The molecular formula is C21H24N2O4. The van der Waals surface area contributed by atoms with Gasteiger partial charge in [0, 0.05) is 18.5 Å². The highest BCUT2D eigenvalue weighted by molar-refractivity contribution is 6.08. The van der Waals surface area contributed by atoms with Gasteiger partial charge in [-0.05, 0) is 37.1 Å². The molecule has 0 aliphatic rings. The summed E-state index contributed by atoms with van der Waals surface area (Å²) in [5.74, 6) is -0.729. The highest BCUT2D eigenvalue weighted by Gasteiger charge is 2.13. The number of carbonyl (C=O) groups excluding carboxylic acids is 3. The van der Waals surface area contributed by atoms with Crippen molar-refractivity contribution in [3.8, 4) is 0 Å². The number of nitrogens with one attached hydrogen (secondary N) is 2. The normalized spacial score (nSPS) is 10.1. The number of anilines is 1. The molecule has 2 rings (SSSR count). The van der Waals surface area contributed by atoms with Crippen LogP contribution in [0.5, 0.6) is 0 Å². The van der Waals surface area contributed by atoms with Crippen molar-refractivity contribution in [1.82, 2.24) is 5.32 Å². The molecular weight excluding hydrogens is 344 g/mol. The van der Waals surface area contributed by atoms with Gasteiger partial charge in [0.2, 0.25) is 0 Å². The molecule has 2 aromatic rings. The van der Waals surface area contributed by atoms with Crippen LogP contribution in [0.4, 0.5) is 5.69 Å². The van der Waals surface area contributed by atoms with E-state index >= 15 is 0 Å². The average molecular weight is 368 g/mol. The molecule has 0 unspecified atom stereocenters.